The van der Waals surface area contributed by atoms with Gasteiger partial charge in [0.2, 0.25) is 15.9 Å². The van der Waals surface area contributed by atoms with Gasteiger partial charge in [-0.15, -0.1) is 0 Å². The Morgan fingerprint density at radius 3 is 2.35 bits per heavy atom. The molecule has 0 atom stereocenters. The lowest BCUT2D eigenvalue weighted by atomic mass is 10.1. The Morgan fingerprint density at radius 2 is 1.77 bits per heavy atom. The van der Waals surface area contributed by atoms with E-state index in [1.165, 1.54) is 12.1 Å². The molecule has 2 rings (SSSR count). The predicted octanol–water partition coefficient (Wildman–Crippen LogP) is 3.13. The number of sulfonamides is 1. The normalized spacial score (nSPS) is 11.2. The molecule has 2 aromatic carbocycles. The Bertz CT molecular complexity index is 881. The molecule has 0 unspecified atom stereocenters. The number of hydrogen-bond donors (Lipinski definition) is 2. The number of nitrogens with zero attached hydrogens (tertiary/aromatic N) is 1. The van der Waals surface area contributed by atoms with Gasteiger partial charge in [-0.05, 0) is 55.0 Å². The van der Waals surface area contributed by atoms with Gasteiger partial charge in [0.15, 0.2) is 0 Å². The van der Waals surface area contributed by atoms with E-state index in [0.29, 0.717) is 0 Å². The van der Waals surface area contributed by atoms with Crippen molar-refractivity contribution in [2.24, 2.45) is 0 Å². The van der Waals surface area contributed by atoms with Gasteiger partial charge in [0.1, 0.15) is 0 Å². The fraction of sp³-hybridized carbons (Fsp3) is 0.278. The molecule has 0 saturated carbocycles. The number of hydrogen-bond acceptors (Lipinski definition) is 4. The van der Waals surface area contributed by atoms with Crippen molar-refractivity contribution in [3.63, 3.8) is 0 Å². The number of benzene rings is 2. The van der Waals surface area contributed by atoms with E-state index in [-0.39, 0.29) is 23.8 Å². The van der Waals surface area contributed by atoms with Crippen LogP contribution in [0.1, 0.15) is 12.0 Å². The maximum absolute atomic E-state index is 12.2. The third kappa shape index (κ3) is 5.55. The van der Waals surface area contributed by atoms with Gasteiger partial charge in [0.05, 0.1) is 4.90 Å². The molecule has 0 aliphatic rings. The molecule has 0 aliphatic carbocycles. The molecular formula is C18H22BrN3O3S. The zero-order valence-corrected chi connectivity index (χ0v) is 17.3. The van der Waals surface area contributed by atoms with Crippen LogP contribution in [-0.4, -0.2) is 35.0 Å². The summed E-state index contributed by atoms with van der Waals surface area (Å²) in [7, 11) is 0.273. The van der Waals surface area contributed by atoms with E-state index in [1.54, 1.807) is 12.1 Å². The summed E-state index contributed by atoms with van der Waals surface area (Å²) in [6, 6.07) is 12.0. The van der Waals surface area contributed by atoms with Crippen molar-refractivity contribution in [3.8, 4) is 0 Å². The lowest BCUT2D eigenvalue weighted by Gasteiger charge is -2.15. The fourth-order valence-electron chi connectivity index (χ4n) is 2.27. The molecule has 1 amide bonds. The third-order valence-electron chi connectivity index (χ3n) is 3.77. The van der Waals surface area contributed by atoms with Crippen molar-refractivity contribution in [2.45, 2.75) is 18.2 Å². The van der Waals surface area contributed by atoms with Crippen LogP contribution in [0.4, 0.5) is 11.4 Å². The number of carbonyl (C=O) groups excluding carboxylic acids is 1. The molecule has 6 nitrogen and oxygen atoms in total. The van der Waals surface area contributed by atoms with Crippen LogP contribution in [0.5, 0.6) is 0 Å². The molecule has 0 saturated heterocycles. The lowest BCUT2D eigenvalue weighted by Crippen LogP contribution is -2.28. The standard InChI is InChI=1S/C18H22BrN3O3S/c1-13-12-15(22(2)3)6-9-17(13)21-18(23)10-11-20-26(24,25)16-7-4-14(19)5-8-16/h4-9,12,20H,10-11H2,1-3H3,(H,21,23). The maximum Gasteiger partial charge on any atom is 0.240 e. The highest BCUT2D eigenvalue weighted by atomic mass is 79.9. The Hall–Kier alpha value is -1.90. The van der Waals surface area contributed by atoms with E-state index in [0.717, 1.165) is 21.4 Å². The first-order chi connectivity index (χ1) is 12.2. The van der Waals surface area contributed by atoms with Crippen LogP contribution in [0.25, 0.3) is 0 Å². The molecule has 0 aromatic heterocycles. The average molecular weight is 440 g/mol. The highest BCUT2D eigenvalue weighted by molar-refractivity contribution is 9.10. The van der Waals surface area contributed by atoms with Crippen LogP contribution < -0.4 is 14.9 Å². The molecule has 0 spiro atoms. The summed E-state index contributed by atoms with van der Waals surface area (Å²) in [4.78, 5) is 14.2. The largest absolute Gasteiger partial charge is 0.378 e. The van der Waals surface area contributed by atoms with Crippen LogP contribution in [-0.2, 0) is 14.8 Å². The van der Waals surface area contributed by atoms with Crippen molar-refractivity contribution in [3.05, 3.63) is 52.5 Å². The second-order valence-corrected chi connectivity index (χ2v) is 8.73. The molecule has 140 valence electrons. The van der Waals surface area contributed by atoms with Gasteiger partial charge in [-0.1, -0.05) is 15.9 Å². The summed E-state index contributed by atoms with van der Waals surface area (Å²) < 4.78 is 27.6. The third-order valence-corrected chi connectivity index (χ3v) is 5.77. The molecule has 0 aliphatic heterocycles. The molecule has 2 N–H and O–H groups in total. The van der Waals surface area contributed by atoms with E-state index in [2.05, 4.69) is 26.0 Å². The number of nitrogens with one attached hydrogen (secondary N) is 2. The van der Waals surface area contributed by atoms with Crippen molar-refractivity contribution >= 4 is 43.2 Å². The Balaban J connectivity index is 1.90. The summed E-state index contributed by atoms with van der Waals surface area (Å²) in [5.74, 6) is -0.246. The quantitative estimate of drug-likeness (QED) is 0.694. The van der Waals surface area contributed by atoms with Gasteiger partial charge < -0.3 is 10.2 Å². The molecular weight excluding hydrogens is 418 g/mol. The fourth-order valence-corrected chi connectivity index (χ4v) is 3.57. The summed E-state index contributed by atoms with van der Waals surface area (Å²) >= 11 is 3.26. The van der Waals surface area contributed by atoms with Gasteiger partial charge in [-0.3, -0.25) is 4.79 Å². The van der Waals surface area contributed by atoms with Crippen LogP contribution in [0.15, 0.2) is 51.8 Å². The average Bonchev–Trinajstić information content (AvgIpc) is 2.56. The van der Waals surface area contributed by atoms with Crippen molar-refractivity contribution < 1.29 is 13.2 Å². The number of halogens is 1. The first kappa shape index (κ1) is 20.4. The van der Waals surface area contributed by atoms with Crippen LogP contribution in [0, 0.1) is 6.92 Å². The minimum Gasteiger partial charge on any atom is -0.378 e. The minimum absolute atomic E-state index is 0.0268. The monoisotopic (exact) mass is 439 g/mol. The lowest BCUT2D eigenvalue weighted by molar-refractivity contribution is -0.116. The summed E-state index contributed by atoms with van der Waals surface area (Å²) in [5, 5.41) is 2.81. The zero-order valence-electron chi connectivity index (χ0n) is 14.9. The number of carbonyl (C=O) groups is 1. The number of amides is 1. The Labute approximate surface area is 162 Å². The van der Waals surface area contributed by atoms with Crippen molar-refractivity contribution in [1.29, 1.82) is 0 Å². The molecule has 0 radical (unpaired) electrons. The topological polar surface area (TPSA) is 78.5 Å². The van der Waals surface area contributed by atoms with Gasteiger partial charge in [-0.2, -0.15) is 0 Å². The number of aryl methyl sites for hydroxylation is 1. The SMILES string of the molecule is Cc1cc(N(C)C)ccc1NC(=O)CCNS(=O)(=O)c1ccc(Br)cc1. The van der Waals surface area contributed by atoms with E-state index in [9.17, 15) is 13.2 Å². The predicted molar refractivity (Wildman–Crippen MR) is 108 cm³/mol. The van der Waals surface area contributed by atoms with Crippen LogP contribution >= 0.6 is 15.9 Å². The first-order valence-electron chi connectivity index (χ1n) is 8.02. The van der Waals surface area contributed by atoms with Gasteiger partial charge in [0.25, 0.3) is 0 Å². The molecule has 0 fully saturated rings. The molecule has 0 heterocycles. The highest BCUT2D eigenvalue weighted by Gasteiger charge is 2.14. The number of rotatable bonds is 7. The van der Waals surface area contributed by atoms with E-state index in [1.807, 2.05) is 44.1 Å². The number of anilines is 2. The van der Waals surface area contributed by atoms with E-state index in [4.69, 9.17) is 0 Å². The smallest absolute Gasteiger partial charge is 0.240 e. The van der Waals surface area contributed by atoms with Gasteiger partial charge in [0, 0.05) is 42.9 Å². The van der Waals surface area contributed by atoms with Gasteiger partial charge in [-0.25, -0.2) is 13.1 Å². The second-order valence-electron chi connectivity index (χ2n) is 6.04. The maximum atomic E-state index is 12.2. The molecule has 26 heavy (non-hydrogen) atoms. The van der Waals surface area contributed by atoms with Crippen molar-refractivity contribution in [1.82, 2.24) is 4.72 Å². The first-order valence-corrected chi connectivity index (χ1v) is 10.3. The van der Waals surface area contributed by atoms with Gasteiger partial charge >= 0.3 is 0 Å². The van der Waals surface area contributed by atoms with E-state index < -0.39 is 10.0 Å². The molecule has 8 heteroatoms. The second kappa shape index (κ2) is 8.66. The Kier molecular flexibility index (Phi) is 6.80. The summed E-state index contributed by atoms with van der Waals surface area (Å²) in [6.07, 6.45) is 0.0463. The van der Waals surface area contributed by atoms with Crippen molar-refractivity contribution in [2.75, 3.05) is 30.9 Å². The van der Waals surface area contributed by atoms with Crippen LogP contribution in [0.3, 0.4) is 0 Å². The summed E-state index contributed by atoms with van der Waals surface area (Å²) in [6.45, 7) is 1.94. The van der Waals surface area contributed by atoms with E-state index >= 15 is 0 Å². The molecule has 2 aromatic rings. The van der Waals surface area contributed by atoms with Crippen LogP contribution in [0.2, 0.25) is 0 Å². The zero-order chi connectivity index (χ0) is 19.3. The highest BCUT2D eigenvalue weighted by Crippen LogP contribution is 2.21. The minimum atomic E-state index is -3.63. The molecule has 0 bridgehead atoms. The Morgan fingerprint density at radius 1 is 1.12 bits per heavy atom. The summed E-state index contributed by atoms with van der Waals surface area (Å²) in [5.41, 5.74) is 2.71.